The number of methoxy groups -OCH3 is 1. The van der Waals surface area contributed by atoms with E-state index in [1.807, 2.05) is 6.92 Å². The van der Waals surface area contributed by atoms with Crippen LogP contribution in [0.4, 0.5) is 11.4 Å². The van der Waals surface area contributed by atoms with Crippen molar-refractivity contribution in [1.82, 2.24) is 0 Å². The summed E-state index contributed by atoms with van der Waals surface area (Å²) in [6.07, 6.45) is 1.38. The number of ether oxygens (including phenoxy) is 1. The third-order valence-corrected chi connectivity index (χ3v) is 5.87. The fourth-order valence-electron chi connectivity index (χ4n) is 3.00. The van der Waals surface area contributed by atoms with Crippen LogP contribution < -0.4 is 14.4 Å². The number of benzene rings is 2. The maximum absolute atomic E-state index is 12.7. The molecular weight excluding hydrogens is 376 g/mol. The van der Waals surface area contributed by atoms with Crippen molar-refractivity contribution in [3.05, 3.63) is 47.0 Å². The van der Waals surface area contributed by atoms with Gasteiger partial charge in [-0.25, -0.2) is 8.42 Å². The molecule has 1 aliphatic rings. The number of hydrogen-bond acceptors (Lipinski definition) is 4. The molecule has 1 amide bonds. The SMILES string of the molecule is COc1ccc(Cl)cc1S(=O)(=O)Nc1ccc(N2CCCC2=O)c(C)c1. The largest absolute Gasteiger partial charge is 0.495 e. The smallest absolute Gasteiger partial charge is 0.265 e. The molecule has 0 atom stereocenters. The van der Waals surface area contributed by atoms with E-state index < -0.39 is 10.0 Å². The van der Waals surface area contributed by atoms with Gasteiger partial charge in [-0.15, -0.1) is 0 Å². The van der Waals surface area contributed by atoms with Gasteiger partial charge in [0.1, 0.15) is 10.6 Å². The molecule has 1 fully saturated rings. The third-order valence-electron chi connectivity index (χ3n) is 4.23. The molecule has 0 spiro atoms. The number of carbonyl (C=O) groups is 1. The van der Waals surface area contributed by atoms with E-state index in [0.717, 1.165) is 17.7 Å². The van der Waals surface area contributed by atoms with Crippen molar-refractivity contribution in [2.75, 3.05) is 23.3 Å². The van der Waals surface area contributed by atoms with Crippen LogP contribution in [0.15, 0.2) is 41.3 Å². The molecule has 3 rings (SSSR count). The van der Waals surface area contributed by atoms with E-state index in [9.17, 15) is 13.2 Å². The lowest BCUT2D eigenvalue weighted by molar-refractivity contribution is -0.117. The number of hydrogen-bond donors (Lipinski definition) is 1. The van der Waals surface area contributed by atoms with E-state index in [1.165, 1.54) is 19.2 Å². The topological polar surface area (TPSA) is 75.7 Å². The lowest BCUT2D eigenvalue weighted by Gasteiger charge is -2.19. The van der Waals surface area contributed by atoms with E-state index in [1.54, 1.807) is 29.2 Å². The van der Waals surface area contributed by atoms with Gasteiger partial charge in [-0.3, -0.25) is 9.52 Å². The fraction of sp³-hybridized carbons (Fsp3) is 0.278. The Balaban J connectivity index is 1.90. The van der Waals surface area contributed by atoms with Crippen LogP contribution in [-0.2, 0) is 14.8 Å². The molecule has 8 heteroatoms. The zero-order valence-electron chi connectivity index (χ0n) is 14.5. The third kappa shape index (κ3) is 3.64. The van der Waals surface area contributed by atoms with E-state index in [2.05, 4.69) is 4.72 Å². The predicted octanol–water partition coefficient (Wildman–Crippen LogP) is 3.58. The average molecular weight is 395 g/mol. The minimum atomic E-state index is -3.88. The number of nitrogens with one attached hydrogen (secondary N) is 1. The molecule has 2 aromatic carbocycles. The second-order valence-electron chi connectivity index (χ2n) is 6.05. The van der Waals surface area contributed by atoms with E-state index in [-0.39, 0.29) is 16.6 Å². The Morgan fingerprint density at radius 2 is 1.96 bits per heavy atom. The monoisotopic (exact) mass is 394 g/mol. The lowest BCUT2D eigenvalue weighted by atomic mass is 10.1. The van der Waals surface area contributed by atoms with Crippen LogP contribution in [0, 0.1) is 6.92 Å². The molecule has 1 heterocycles. The molecule has 0 radical (unpaired) electrons. The summed E-state index contributed by atoms with van der Waals surface area (Å²) in [6, 6.07) is 9.51. The van der Waals surface area contributed by atoms with Crippen molar-refractivity contribution in [3.63, 3.8) is 0 Å². The van der Waals surface area contributed by atoms with Crippen LogP contribution in [0.25, 0.3) is 0 Å². The van der Waals surface area contributed by atoms with Crippen molar-refractivity contribution in [3.8, 4) is 5.75 Å². The summed E-state index contributed by atoms with van der Waals surface area (Å²) in [4.78, 5) is 13.6. The maximum Gasteiger partial charge on any atom is 0.265 e. The predicted molar refractivity (Wildman–Crippen MR) is 102 cm³/mol. The molecular formula is C18H19ClN2O4S. The number of nitrogens with zero attached hydrogens (tertiary/aromatic N) is 1. The summed E-state index contributed by atoms with van der Waals surface area (Å²) in [7, 11) is -2.48. The van der Waals surface area contributed by atoms with Gasteiger partial charge in [0.25, 0.3) is 10.0 Å². The first-order chi connectivity index (χ1) is 12.3. The van der Waals surface area contributed by atoms with Crippen molar-refractivity contribution >= 4 is 38.9 Å². The van der Waals surface area contributed by atoms with Crippen LogP contribution in [0.1, 0.15) is 18.4 Å². The Morgan fingerprint density at radius 1 is 1.19 bits per heavy atom. The van der Waals surface area contributed by atoms with Gasteiger partial charge < -0.3 is 9.64 Å². The highest BCUT2D eigenvalue weighted by Crippen LogP contribution is 2.31. The first kappa shape index (κ1) is 18.5. The normalized spacial score (nSPS) is 14.6. The maximum atomic E-state index is 12.7. The number of sulfonamides is 1. The summed E-state index contributed by atoms with van der Waals surface area (Å²) in [5.74, 6) is 0.294. The zero-order valence-corrected chi connectivity index (χ0v) is 16.0. The Morgan fingerprint density at radius 3 is 2.58 bits per heavy atom. The molecule has 1 saturated heterocycles. The average Bonchev–Trinajstić information content (AvgIpc) is 3.00. The van der Waals surface area contributed by atoms with Crippen molar-refractivity contribution in [2.24, 2.45) is 0 Å². The summed E-state index contributed by atoms with van der Waals surface area (Å²) < 4.78 is 33.1. The Hall–Kier alpha value is -2.25. The number of anilines is 2. The van der Waals surface area contributed by atoms with Crippen LogP contribution in [-0.4, -0.2) is 28.0 Å². The molecule has 6 nitrogen and oxygen atoms in total. The molecule has 0 aliphatic carbocycles. The highest BCUT2D eigenvalue weighted by molar-refractivity contribution is 7.92. The molecule has 1 aliphatic heterocycles. The minimum absolute atomic E-state index is 0.0380. The summed E-state index contributed by atoms with van der Waals surface area (Å²) in [5, 5.41) is 0.297. The van der Waals surface area contributed by atoms with Gasteiger partial charge in [0.15, 0.2) is 0 Å². The lowest BCUT2D eigenvalue weighted by Crippen LogP contribution is -2.24. The van der Waals surface area contributed by atoms with Crippen LogP contribution in [0.3, 0.4) is 0 Å². The molecule has 26 heavy (non-hydrogen) atoms. The molecule has 0 aromatic heterocycles. The quantitative estimate of drug-likeness (QED) is 0.840. The number of halogens is 1. The highest BCUT2D eigenvalue weighted by Gasteiger charge is 2.24. The van der Waals surface area contributed by atoms with Gasteiger partial charge >= 0.3 is 0 Å². The number of rotatable bonds is 5. The number of amides is 1. The van der Waals surface area contributed by atoms with Crippen LogP contribution >= 0.6 is 11.6 Å². The van der Waals surface area contributed by atoms with Gasteiger partial charge in [-0.05, 0) is 55.3 Å². The van der Waals surface area contributed by atoms with E-state index >= 15 is 0 Å². The first-order valence-electron chi connectivity index (χ1n) is 8.09. The number of aryl methyl sites for hydroxylation is 1. The zero-order chi connectivity index (χ0) is 18.9. The molecule has 0 bridgehead atoms. The molecule has 138 valence electrons. The summed E-state index contributed by atoms with van der Waals surface area (Å²) in [5.41, 5.74) is 2.02. The highest BCUT2D eigenvalue weighted by atomic mass is 35.5. The van der Waals surface area contributed by atoms with Gasteiger partial charge in [-0.2, -0.15) is 0 Å². The van der Waals surface area contributed by atoms with Crippen LogP contribution in [0.2, 0.25) is 5.02 Å². The summed E-state index contributed by atoms with van der Waals surface area (Å²) >= 11 is 5.93. The second kappa shape index (κ2) is 7.17. The first-order valence-corrected chi connectivity index (χ1v) is 9.95. The van der Waals surface area contributed by atoms with Crippen molar-refractivity contribution in [1.29, 1.82) is 0 Å². The van der Waals surface area contributed by atoms with Gasteiger partial charge in [0.2, 0.25) is 5.91 Å². The van der Waals surface area contributed by atoms with Crippen LogP contribution in [0.5, 0.6) is 5.75 Å². The van der Waals surface area contributed by atoms with Crippen molar-refractivity contribution in [2.45, 2.75) is 24.7 Å². The second-order valence-corrected chi connectivity index (χ2v) is 8.14. The van der Waals surface area contributed by atoms with Crippen molar-refractivity contribution < 1.29 is 17.9 Å². The van der Waals surface area contributed by atoms with Gasteiger partial charge in [0, 0.05) is 29.4 Å². The molecule has 2 aromatic rings. The van der Waals surface area contributed by atoms with Gasteiger partial charge in [-0.1, -0.05) is 11.6 Å². The Kier molecular flexibility index (Phi) is 5.11. The molecule has 1 N–H and O–H groups in total. The number of carbonyl (C=O) groups excluding carboxylic acids is 1. The minimum Gasteiger partial charge on any atom is -0.495 e. The Bertz CT molecular complexity index is 960. The fourth-order valence-corrected chi connectivity index (χ4v) is 4.48. The standard InChI is InChI=1S/C18H19ClN2O4S/c1-12-10-14(6-7-15(12)21-9-3-4-18(21)22)20-26(23,24)17-11-13(19)5-8-16(17)25-2/h5-8,10-11,20H,3-4,9H2,1-2H3. The Labute approximate surface area is 157 Å². The molecule has 0 saturated carbocycles. The molecule has 0 unspecified atom stereocenters. The summed E-state index contributed by atoms with van der Waals surface area (Å²) in [6.45, 7) is 2.53. The van der Waals surface area contributed by atoms with E-state index in [0.29, 0.717) is 23.7 Å². The van der Waals surface area contributed by atoms with E-state index in [4.69, 9.17) is 16.3 Å². The van der Waals surface area contributed by atoms with Gasteiger partial charge in [0.05, 0.1) is 7.11 Å².